The number of anilines is 1. The van der Waals surface area contributed by atoms with Gasteiger partial charge in [-0.25, -0.2) is 17.6 Å². The largest absolute Gasteiger partial charge is 0.324 e. The fraction of sp³-hybridized carbons (Fsp3) is 0.333. The van der Waals surface area contributed by atoms with Gasteiger partial charge in [-0.1, -0.05) is 30.3 Å². The van der Waals surface area contributed by atoms with E-state index in [1.165, 1.54) is 21.9 Å². The van der Waals surface area contributed by atoms with Gasteiger partial charge in [0.2, 0.25) is 0 Å². The second-order valence-electron chi connectivity index (χ2n) is 7.29. The van der Waals surface area contributed by atoms with Crippen molar-refractivity contribution in [2.75, 3.05) is 36.0 Å². The summed E-state index contributed by atoms with van der Waals surface area (Å²) in [5, 5.41) is 0. The van der Waals surface area contributed by atoms with Crippen LogP contribution in [-0.2, 0) is 16.4 Å². The Bertz CT molecular complexity index is 1040. The average molecular weight is 434 g/mol. The van der Waals surface area contributed by atoms with Gasteiger partial charge in [0.05, 0.1) is 30.3 Å². The number of benzene rings is 2. The van der Waals surface area contributed by atoms with Gasteiger partial charge in [0.1, 0.15) is 5.82 Å². The van der Waals surface area contributed by atoms with Crippen LogP contribution in [0.15, 0.2) is 42.5 Å². The number of urea groups is 1. The van der Waals surface area contributed by atoms with Crippen LogP contribution in [0.4, 0.5) is 14.9 Å². The van der Waals surface area contributed by atoms with Crippen LogP contribution < -0.4 is 10.6 Å². The van der Waals surface area contributed by atoms with Crippen LogP contribution >= 0.6 is 0 Å². The molecule has 2 aromatic carbocycles. The molecule has 1 heterocycles. The van der Waals surface area contributed by atoms with E-state index in [4.69, 9.17) is 5.73 Å². The van der Waals surface area contributed by atoms with Crippen molar-refractivity contribution in [3.05, 3.63) is 65.0 Å². The fourth-order valence-electron chi connectivity index (χ4n) is 3.26. The normalized spacial score (nSPS) is 15.6. The Balaban J connectivity index is 1.89. The van der Waals surface area contributed by atoms with Crippen LogP contribution in [0.5, 0.6) is 0 Å². The molecule has 0 unspecified atom stereocenters. The molecule has 0 aliphatic carbocycles. The van der Waals surface area contributed by atoms with E-state index < -0.39 is 21.7 Å². The fourth-order valence-corrected chi connectivity index (χ4v) is 4.46. The minimum absolute atomic E-state index is 0.0646. The molecule has 0 spiro atoms. The number of aryl methyl sites for hydroxylation is 1. The number of hydrogen-bond acceptors (Lipinski definition) is 5. The Hall–Kier alpha value is -2.78. The lowest BCUT2D eigenvalue weighted by atomic mass is 10.1. The van der Waals surface area contributed by atoms with Gasteiger partial charge in [-0.05, 0) is 30.2 Å². The number of nitrogens with two attached hydrogens (primary N) is 1. The number of nitrogens with zero attached hydrogens (tertiary/aromatic N) is 2. The number of hydrogen-bond donors (Lipinski definition) is 1. The maximum Gasteiger partial charge on any atom is 0.324 e. The first-order valence-corrected chi connectivity index (χ1v) is 11.4. The standard InChI is InChI=1S/C21H24FN3O4S/c1-15-2-7-19(18(22)12-15)25(21(27)24-8-10-30(28,29)11-9-24)14-16-3-5-17(6-4-16)20(26)13-23/h2-7,12H,8-11,13-14,23H2,1H3. The Kier molecular flexibility index (Phi) is 6.52. The summed E-state index contributed by atoms with van der Waals surface area (Å²) >= 11 is 0. The second kappa shape index (κ2) is 8.93. The lowest BCUT2D eigenvalue weighted by Crippen LogP contribution is -2.50. The monoisotopic (exact) mass is 433 g/mol. The predicted octanol–water partition coefficient (Wildman–Crippen LogP) is 2.13. The van der Waals surface area contributed by atoms with Crippen molar-refractivity contribution in [1.82, 2.24) is 4.90 Å². The quantitative estimate of drug-likeness (QED) is 0.728. The summed E-state index contributed by atoms with van der Waals surface area (Å²) in [5.74, 6) is -0.964. The molecule has 1 saturated heterocycles. The number of carbonyl (C=O) groups excluding carboxylic acids is 2. The third-order valence-corrected chi connectivity index (χ3v) is 6.65. The number of sulfone groups is 1. The number of ketones is 1. The van der Waals surface area contributed by atoms with Crippen molar-refractivity contribution in [2.24, 2.45) is 5.73 Å². The summed E-state index contributed by atoms with van der Waals surface area (Å²) in [6.45, 7) is 1.85. The molecule has 0 saturated carbocycles. The van der Waals surface area contributed by atoms with Gasteiger partial charge < -0.3 is 10.6 Å². The number of halogens is 1. The zero-order valence-corrected chi connectivity index (χ0v) is 17.5. The summed E-state index contributed by atoms with van der Waals surface area (Å²) in [7, 11) is -3.16. The van der Waals surface area contributed by atoms with Gasteiger partial charge in [-0.3, -0.25) is 9.69 Å². The number of Topliss-reactive ketones (excluding diaryl/α,β-unsaturated/α-hetero) is 1. The SMILES string of the molecule is Cc1ccc(N(Cc2ccc(C(=O)CN)cc2)C(=O)N2CCS(=O)(=O)CC2)c(F)c1. The molecule has 2 aromatic rings. The van der Waals surface area contributed by atoms with Crippen molar-refractivity contribution in [3.63, 3.8) is 0 Å². The Labute approximate surface area is 175 Å². The van der Waals surface area contributed by atoms with Crippen molar-refractivity contribution >= 4 is 27.3 Å². The molecule has 0 aromatic heterocycles. The minimum Gasteiger partial charge on any atom is -0.324 e. The smallest absolute Gasteiger partial charge is 0.324 e. The predicted molar refractivity (Wildman–Crippen MR) is 113 cm³/mol. The summed E-state index contributed by atoms with van der Waals surface area (Å²) in [4.78, 5) is 27.6. The summed E-state index contributed by atoms with van der Waals surface area (Å²) in [6.07, 6.45) is 0. The topological polar surface area (TPSA) is 101 Å². The molecular formula is C21H24FN3O4S. The molecule has 1 aliphatic rings. The van der Waals surface area contributed by atoms with Gasteiger partial charge in [0.15, 0.2) is 15.6 Å². The van der Waals surface area contributed by atoms with E-state index in [1.807, 2.05) is 0 Å². The van der Waals surface area contributed by atoms with E-state index in [0.717, 1.165) is 5.56 Å². The minimum atomic E-state index is -3.16. The van der Waals surface area contributed by atoms with Crippen LogP contribution in [0.3, 0.4) is 0 Å². The highest BCUT2D eigenvalue weighted by molar-refractivity contribution is 7.91. The first-order valence-electron chi connectivity index (χ1n) is 9.55. The second-order valence-corrected chi connectivity index (χ2v) is 9.59. The molecule has 1 fully saturated rings. The van der Waals surface area contributed by atoms with Crippen molar-refractivity contribution in [2.45, 2.75) is 13.5 Å². The van der Waals surface area contributed by atoms with Crippen LogP contribution in [0, 0.1) is 12.7 Å². The highest BCUT2D eigenvalue weighted by Crippen LogP contribution is 2.25. The van der Waals surface area contributed by atoms with Gasteiger partial charge in [-0.2, -0.15) is 0 Å². The Morgan fingerprint density at radius 3 is 2.30 bits per heavy atom. The van der Waals surface area contributed by atoms with Crippen LogP contribution in [0.2, 0.25) is 0 Å². The first kappa shape index (κ1) is 21.9. The average Bonchev–Trinajstić information content (AvgIpc) is 2.72. The van der Waals surface area contributed by atoms with E-state index in [-0.39, 0.29) is 49.2 Å². The summed E-state index contributed by atoms with van der Waals surface area (Å²) in [5.41, 5.74) is 7.36. The van der Waals surface area contributed by atoms with Crippen LogP contribution in [0.1, 0.15) is 21.5 Å². The number of rotatable bonds is 5. The van der Waals surface area contributed by atoms with Crippen LogP contribution in [0.25, 0.3) is 0 Å². The van der Waals surface area contributed by atoms with E-state index in [0.29, 0.717) is 11.1 Å². The van der Waals surface area contributed by atoms with Gasteiger partial charge in [-0.15, -0.1) is 0 Å². The van der Waals surface area contributed by atoms with Gasteiger partial charge in [0.25, 0.3) is 0 Å². The highest BCUT2D eigenvalue weighted by Gasteiger charge is 2.30. The number of amides is 2. The van der Waals surface area contributed by atoms with E-state index in [9.17, 15) is 22.4 Å². The molecule has 3 rings (SSSR count). The van der Waals surface area contributed by atoms with Crippen molar-refractivity contribution in [3.8, 4) is 0 Å². The molecule has 2 amide bonds. The van der Waals surface area contributed by atoms with E-state index in [2.05, 4.69) is 0 Å². The number of carbonyl (C=O) groups is 2. The van der Waals surface area contributed by atoms with E-state index >= 15 is 0 Å². The lowest BCUT2D eigenvalue weighted by molar-refractivity contribution is 0.100. The Morgan fingerprint density at radius 2 is 1.73 bits per heavy atom. The molecule has 0 radical (unpaired) electrons. The van der Waals surface area contributed by atoms with Gasteiger partial charge >= 0.3 is 6.03 Å². The molecule has 30 heavy (non-hydrogen) atoms. The molecular weight excluding hydrogens is 409 g/mol. The highest BCUT2D eigenvalue weighted by atomic mass is 32.2. The molecule has 0 atom stereocenters. The maximum atomic E-state index is 14.7. The van der Waals surface area contributed by atoms with Crippen molar-refractivity contribution < 1.29 is 22.4 Å². The zero-order valence-electron chi connectivity index (χ0n) is 16.7. The molecule has 0 bridgehead atoms. The Morgan fingerprint density at radius 1 is 1.10 bits per heavy atom. The first-order chi connectivity index (χ1) is 14.2. The summed E-state index contributed by atoms with van der Waals surface area (Å²) < 4.78 is 38.1. The maximum absolute atomic E-state index is 14.7. The van der Waals surface area contributed by atoms with Crippen molar-refractivity contribution in [1.29, 1.82) is 0 Å². The third kappa shape index (κ3) is 5.03. The van der Waals surface area contributed by atoms with Gasteiger partial charge in [0, 0.05) is 18.7 Å². The summed E-state index contributed by atoms with van der Waals surface area (Å²) in [6, 6.07) is 10.7. The van der Waals surface area contributed by atoms with E-state index in [1.54, 1.807) is 37.3 Å². The lowest BCUT2D eigenvalue weighted by Gasteiger charge is -2.33. The molecule has 2 N–H and O–H groups in total. The molecule has 160 valence electrons. The molecule has 7 nitrogen and oxygen atoms in total. The van der Waals surface area contributed by atoms with Crippen LogP contribution in [-0.4, -0.2) is 56.3 Å². The molecule has 9 heteroatoms. The zero-order chi connectivity index (χ0) is 21.9. The molecule has 1 aliphatic heterocycles. The third-order valence-electron chi connectivity index (χ3n) is 5.04.